The Balaban J connectivity index is 0.00000225. The molecule has 1 aromatic carbocycles. The van der Waals surface area contributed by atoms with Crippen LogP contribution in [0.5, 0.6) is 0 Å². The van der Waals surface area contributed by atoms with Gasteiger partial charge in [0.2, 0.25) is 5.91 Å². The monoisotopic (exact) mass is 362 g/mol. The summed E-state index contributed by atoms with van der Waals surface area (Å²) >= 11 is 0. The van der Waals surface area contributed by atoms with Crippen LogP contribution in [0.2, 0.25) is 0 Å². The Kier molecular flexibility index (Phi) is 7.47. The average Bonchev–Trinajstić information content (AvgIpc) is 3.09. The number of amides is 1. The SMILES string of the molecule is CCCN(C(=O)Cc1cnn(-c2ccccc2)c1)C1CCNCC1.Cl. The average molecular weight is 363 g/mol. The van der Waals surface area contributed by atoms with E-state index in [1.54, 1.807) is 6.20 Å². The summed E-state index contributed by atoms with van der Waals surface area (Å²) in [6, 6.07) is 10.4. The predicted octanol–water partition coefficient (Wildman–Crippen LogP) is 2.83. The molecule has 1 aliphatic rings. The minimum atomic E-state index is 0. The first-order valence-electron chi connectivity index (χ1n) is 8.87. The minimum Gasteiger partial charge on any atom is -0.339 e. The van der Waals surface area contributed by atoms with E-state index in [0.29, 0.717) is 12.5 Å². The van der Waals surface area contributed by atoms with Gasteiger partial charge >= 0.3 is 0 Å². The second-order valence-electron chi connectivity index (χ2n) is 6.37. The molecule has 1 aliphatic heterocycles. The zero-order chi connectivity index (χ0) is 16.8. The minimum absolute atomic E-state index is 0. The number of halogens is 1. The number of carbonyl (C=O) groups is 1. The van der Waals surface area contributed by atoms with E-state index in [1.165, 1.54) is 0 Å². The smallest absolute Gasteiger partial charge is 0.227 e. The van der Waals surface area contributed by atoms with Gasteiger partial charge in [0.1, 0.15) is 0 Å². The Labute approximate surface area is 155 Å². The van der Waals surface area contributed by atoms with Gasteiger partial charge in [-0.05, 0) is 50.0 Å². The van der Waals surface area contributed by atoms with E-state index in [9.17, 15) is 4.79 Å². The Bertz CT molecular complexity index is 652. The van der Waals surface area contributed by atoms with Crippen molar-refractivity contribution in [3.05, 3.63) is 48.3 Å². The molecule has 0 saturated carbocycles. The third-order valence-electron chi connectivity index (χ3n) is 4.55. The first-order valence-corrected chi connectivity index (χ1v) is 8.87. The molecule has 1 fully saturated rings. The normalized spacial score (nSPS) is 14.8. The summed E-state index contributed by atoms with van der Waals surface area (Å²) in [5, 5.41) is 7.76. The van der Waals surface area contributed by atoms with Crippen molar-refractivity contribution in [3.63, 3.8) is 0 Å². The van der Waals surface area contributed by atoms with Crippen LogP contribution in [0.4, 0.5) is 0 Å². The molecular weight excluding hydrogens is 336 g/mol. The van der Waals surface area contributed by atoms with Crippen molar-refractivity contribution in [1.82, 2.24) is 20.0 Å². The number of hydrogen-bond acceptors (Lipinski definition) is 3. The van der Waals surface area contributed by atoms with E-state index in [1.807, 2.05) is 41.2 Å². The van der Waals surface area contributed by atoms with E-state index in [0.717, 1.165) is 50.1 Å². The van der Waals surface area contributed by atoms with Crippen molar-refractivity contribution in [2.24, 2.45) is 0 Å². The Morgan fingerprint density at radius 3 is 2.68 bits per heavy atom. The predicted molar refractivity (Wildman–Crippen MR) is 102 cm³/mol. The number of rotatable bonds is 6. The van der Waals surface area contributed by atoms with Gasteiger partial charge in [0.05, 0.1) is 18.3 Å². The van der Waals surface area contributed by atoms with Crippen molar-refractivity contribution in [3.8, 4) is 5.69 Å². The van der Waals surface area contributed by atoms with Crippen LogP contribution in [-0.4, -0.2) is 46.3 Å². The summed E-state index contributed by atoms with van der Waals surface area (Å²) in [7, 11) is 0. The lowest BCUT2D eigenvalue weighted by atomic mass is 10.0. The topological polar surface area (TPSA) is 50.2 Å². The fourth-order valence-electron chi connectivity index (χ4n) is 3.32. The number of para-hydroxylation sites is 1. The number of piperidine rings is 1. The van der Waals surface area contributed by atoms with Crippen LogP contribution >= 0.6 is 12.4 Å². The van der Waals surface area contributed by atoms with Crippen LogP contribution < -0.4 is 5.32 Å². The highest BCUT2D eigenvalue weighted by Crippen LogP contribution is 2.15. The molecule has 1 aromatic heterocycles. The molecule has 6 heteroatoms. The Morgan fingerprint density at radius 1 is 1.28 bits per heavy atom. The number of nitrogens with one attached hydrogen (secondary N) is 1. The molecular formula is C19H27ClN4O. The van der Waals surface area contributed by atoms with Gasteiger partial charge in [-0.2, -0.15) is 5.10 Å². The fraction of sp³-hybridized carbons (Fsp3) is 0.474. The van der Waals surface area contributed by atoms with Gasteiger partial charge in [0.15, 0.2) is 0 Å². The van der Waals surface area contributed by atoms with Gasteiger partial charge in [-0.1, -0.05) is 25.1 Å². The summed E-state index contributed by atoms with van der Waals surface area (Å²) in [5.74, 6) is 0.219. The number of aromatic nitrogens is 2. The highest BCUT2D eigenvalue weighted by atomic mass is 35.5. The maximum atomic E-state index is 12.8. The van der Waals surface area contributed by atoms with E-state index >= 15 is 0 Å². The van der Waals surface area contributed by atoms with Gasteiger partial charge in [0.25, 0.3) is 0 Å². The lowest BCUT2D eigenvalue weighted by Gasteiger charge is -2.34. The van der Waals surface area contributed by atoms with Gasteiger partial charge in [0, 0.05) is 18.8 Å². The van der Waals surface area contributed by atoms with Crippen molar-refractivity contribution in [1.29, 1.82) is 0 Å². The van der Waals surface area contributed by atoms with Crippen molar-refractivity contribution < 1.29 is 4.79 Å². The second-order valence-corrected chi connectivity index (χ2v) is 6.37. The number of nitrogens with zero attached hydrogens (tertiary/aromatic N) is 3. The molecule has 136 valence electrons. The van der Waals surface area contributed by atoms with Gasteiger partial charge < -0.3 is 10.2 Å². The largest absolute Gasteiger partial charge is 0.339 e. The third-order valence-corrected chi connectivity index (χ3v) is 4.55. The first kappa shape index (κ1) is 19.5. The lowest BCUT2D eigenvalue weighted by Crippen LogP contribution is -2.47. The summed E-state index contributed by atoms with van der Waals surface area (Å²) in [5.41, 5.74) is 1.99. The molecule has 0 atom stereocenters. The summed E-state index contributed by atoms with van der Waals surface area (Å²) in [6.07, 6.45) is 7.29. The molecule has 25 heavy (non-hydrogen) atoms. The zero-order valence-electron chi connectivity index (χ0n) is 14.7. The molecule has 3 rings (SSSR count). The van der Waals surface area contributed by atoms with E-state index in [4.69, 9.17) is 0 Å². The molecule has 0 bridgehead atoms. The van der Waals surface area contributed by atoms with Crippen LogP contribution in [0, 0.1) is 0 Å². The molecule has 1 saturated heterocycles. The van der Waals surface area contributed by atoms with Gasteiger partial charge in [-0.15, -0.1) is 12.4 Å². The first-order chi connectivity index (χ1) is 11.8. The fourth-order valence-corrected chi connectivity index (χ4v) is 3.32. The number of benzene rings is 1. The Hall–Kier alpha value is -1.85. The van der Waals surface area contributed by atoms with Crippen LogP contribution in [-0.2, 0) is 11.2 Å². The standard InChI is InChI=1S/C19H26N4O.ClH/c1-2-12-22(17-8-10-20-11-9-17)19(24)13-16-14-21-23(15-16)18-6-4-3-5-7-18;/h3-7,14-15,17,20H,2,8-13H2,1H3;1H. The second kappa shape index (κ2) is 9.59. The number of hydrogen-bond donors (Lipinski definition) is 1. The van der Waals surface area contributed by atoms with E-state index < -0.39 is 0 Å². The van der Waals surface area contributed by atoms with E-state index in [2.05, 4.69) is 22.2 Å². The third kappa shape index (κ3) is 5.06. The summed E-state index contributed by atoms with van der Waals surface area (Å²) in [4.78, 5) is 14.9. The van der Waals surface area contributed by atoms with Crippen LogP contribution in [0.3, 0.4) is 0 Å². The number of carbonyl (C=O) groups excluding carboxylic acids is 1. The lowest BCUT2D eigenvalue weighted by molar-refractivity contribution is -0.133. The van der Waals surface area contributed by atoms with Crippen LogP contribution in [0.25, 0.3) is 5.69 Å². The highest BCUT2D eigenvalue weighted by molar-refractivity contribution is 5.85. The van der Waals surface area contributed by atoms with Crippen molar-refractivity contribution in [2.75, 3.05) is 19.6 Å². The molecule has 2 aromatic rings. The van der Waals surface area contributed by atoms with Gasteiger partial charge in [-0.25, -0.2) is 4.68 Å². The highest BCUT2D eigenvalue weighted by Gasteiger charge is 2.24. The summed E-state index contributed by atoms with van der Waals surface area (Å²) < 4.78 is 1.83. The molecule has 0 radical (unpaired) electrons. The van der Waals surface area contributed by atoms with Crippen LogP contribution in [0.15, 0.2) is 42.7 Å². The zero-order valence-corrected chi connectivity index (χ0v) is 15.5. The Morgan fingerprint density at radius 2 is 2.00 bits per heavy atom. The molecule has 1 N–H and O–H groups in total. The molecule has 0 aliphatic carbocycles. The molecule has 2 heterocycles. The maximum Gasteiger partial charge on any atom is 0.227 e. The maximum absolute atomic E-state index is 12.8. The van der Waals surface area contributed by atoms with Crippen molar-refractivity contribution in [2.45, 2.75) is 38.6 Å². The molecule has 5 nitrogen and oxygen atoms in total. The molecule has 0 unspecified atom stereocenters. The van der Waals surface area contributed by atoms with Crippen molar-refractivity contribution >= 4 is 18.3 Å². The van der Waals surface area contributed by atoms with E-state index in [-0.39, 0.29) is 18.3 Å². The molecule has 1 amide bonds. The molecule has 0 spiro atoms. The summed E-state index contributed by atoms with van der Waals surface area (Å²) in [6.45, 7) is 4.99. The van der Waals surface area contributed by atoms with Crippen LogP contribution in [0.1, 0.15) is 31.7 Å². The van der Waals surface area contributed by atoms with Gasteiger partial charge in [-0.3, -0.25) is 4.79 Å². The quantitative estimate of drug-likeness (QED) is 0.859.